The van der Waals surface area contributed by atoms with Crippen molar-refractivity contribution < 1.29 is 24.4 Å². The number of carboxylic acid groups (broad SMARTS) is 1. The van der Waals surface area contributed by atoms with E-state index in [1.807, 2.05) is 0 Å². The third kappa shape index (κ3) is 3.41. The highest BCUT2D eigenvalue weighted by atomic mass is 16.6. The number of benzene rings is 2. The molecule has 0 aliphatic rings. The quantitative estimate of drug-likeness (QED) is 0.361. The van der Waals surface area contributed by atoms with Gasteiger partial charge in [0.25, 0.3) is 5.69 Å². The van der Waals surface area contributed by atoms with Crippen LogP contribution in [0.2, 0.25) is 0 Å². The third-order valence-corrected chi connectivity index (χ3v) is 2.61. The van der Waals surface area contributed by atoms with Gasteiger partial charge < -0.3 is 14.6 Å². The van der Waals surface area contributed by atoms with Crippen molar-refractivity contribution in [3.63, 3.8) is 0 Å². The second-order valence-electron chi connectivity index (χ2n) is 4.01. The summed E-state index contributed by atoms with van der Waals surface area (Å²) < 4.78 is 5.01. The van der Waals surface area contributed by atoms with Gasteiger partial charge in [-0.15, -0.1) is 0 Å². The summed E-state index contributed by atoms with van der Waals surface area (Å²) in [7, 11) is 0. The fourth-order valence-electron chi connectivity index (χ4n) is 1.54. The first-order valence-corrected chi connectivity index (χ1v) is 5.75. The number of aromatic carboxylic acids is 1. The van der Waals surface area contributed by atoms with Crippen LogP contribution in [0.5, 0.6) is 5.75 Å². The van der Waals surface area contributed by atoms with E-state index < -0.39 is 16.9 Å². The van der Waals surface area contributed by atoms with Gasteiger partial charge >= 0.3 is 5.97 Å². The second kappa shape index (κ2) is 5.83. The van der Waals surface area contributed by atoms with E-state index in [1.54, 1.807) is 0 Å². The molecular formula is C14H8NO6-. The van der Waals surface area contributed by atoms with Gasteiger partial charge in [-0.2, -0.15) is 0 Å². The van der Waals surface area contributed by atoms with Crippen molar-refractivity contribution >= 4 is 17.6 Å². The molecule has 106 valence electrons. The van der Waals surface area contributed by atoms with Gasteiger partial charge in [-0.25, -0.2) is 4.79 Å². The number of hydrogen-bond donors (Lipinski definition) is 0. The predicted octanol–water partition coefficient (Wildman–Crippen LogP) is 1.18. The van der Waals surface area contributed by atoms with Crippen molar-refractivity contribution in [3.05, 3.63) is 69.8 Å². The van der Waals surface area contributed by atoms with Crippen LogP contribution in [0, 0.1) is 10.1 Å². The van der Waals surface area contributed by atoms with Gasteiger partial charge in [0.15, 0.2) is 0 Å². The molecule has 2 aromatic carbocycles. The number of rotatable bonds is 4. The smallest absolute Gasteiger partial charge is 0.343 e. The van der Waals surface area contributed by atoms with Gasteiger partial charge in [0, 0.05) is 12.1 Å². The van der Waals surface area contributed by atoms with E-state index in [2.05, 4.69) is 0 Å². The summed E-state index contributed by atoms with van der Waals surface area (Å²) in [5.41, 5.74) is -0.0200. The van der Waals surface area contributed by atoms with Crippen molar-refractivity contribution in [2.75, 3.05) is 0 Å². The molecule has 0 bridgehead atoms. The van der Waals surface area contributed by atoms with E-state index in [0.717, 1.165) is 0 Å². The Bertz CT molecular complexity index is 690. The molecule has 21 heavy (non-hydrogen) atoms. The van der Waals surface area contributed by atoms with Crippen LogP contribution in [-0.2, 0) is 0 Å². The van der Waals surface area contributed by atoms with Crippen molar-refractivity contribution in [1.82, 2.24) is 0 Å². The molecule has 0 saturated heterocycles. The molecule has 0 radical (unpaired) electrons. The van der Waals surface area contributed by atoms with Crippen LogP contribution < -0.4 is 9.84 Å². The standard InChI is InChI=1S/C14H9NO6/c16-13(17)9-1-3-10(4-2-9)14(18)21-12-7-5-11(6-8-12)15(19)20/h1-8H,(H,16,17)/p-1. The molecule has 0 aliphatic heterocycles. The fraction of sp³-hybridized carbons (Fsp3) is 0. The topological polar surface area (TPSA) is 110 Å². The van der Waals surface area contributed by atoms with Crippen LogP contribution in [0.3, 0.4) is 0 Å². The largest absolute Gasteiger partial charge is 0.545 e. The SMILES string of the molecule is O=C([O-])c1ccc(C(=O)Oc2ccc([N+](=O)[O-])cc2)cc1. The van der Waals surface area contributed by atoms with Crippen LogP contribution in [0.4, 0.5) is 5.69 Å². The van der Waals surface area contributed by atoms with E-state index in [1.165, 1.54) is 48.5 Å². The molecule has 0 fully saturated rings. The zero-order chi connectivity index (χ0) is 15.4. The Balaban J connectivity index is 2.10. The maximum atomic E-state index is 11.8. The Hall–Kier alpha value is -3.22. The average Bonchev–Trinajstić information content (AvgIpc) is 2.47. The lowest BCUT2D eigenvalue weighted by Gasteiger charge is -2.05. The Morgan fingerprint density at radius 2 is 1.43 bits per heavy atom. The minimum Gasteiger partial charge on any atom is -0.545 e. The number of carboxylic acids is 1. The molecule has 0 aliphatic carbocycles. The summed E-state index contributed by atoms with van der Waals surface area (Å²) in [5.74, 6) is -1.89. The van der Waals surface area contributed by atoms with Gasteiger partial charge in [-0.3, -0.25) is 10.1 Å². The summed E-state index contributed by atoms with van der Waals surface area (Å²) >= 11 is 0. The maximum absolute atomic E-state index is 11.8. The molecule has 0 saturated carbocycles. The van der Waals surface area contributed by atoms with E-state index in [0.29, 0.717) is 0 Å². The Morgan fingerprint density at radius 3 is 1.90 bits per heavy atom. The summed E-state index contributed by atoms with van der Waals surface area (Å²) in [5, 5.41) is 21.1. The van der Waals surface area contributed by atoms with E-state index in [4.69, 9.17) is 4.74 Å². The molecule has 7 nitrogen and oxygen atoms in total. The lowest BCUT2D eigenvalue weighted by molar-refractivity contribution is -0.384. The molecule has 0 N–H and O–H groups in total. The van der Waals surface area contributed by atoms with Crippen molar-refractivity contribution in [2.45, 2.75) is 0 Å². The Kier molecular flexibility index (Phi) is 3.94. The zero-order valence-electron chi connectivity index (χ0n) is 10.5. The van der Waals surface area contributed by atoms with E-state index >= 15 is 0 Å². The summed E-state index contributed by atoms with van der Waals surface area (Å²) in [6, 6.07) is 10.0. The highest BCUT2D eigenvalue weighted by Gasteiger charge is 2.10. The molecule has 2 rings (SSSR count). The number of nitrogens with zero attached hydrogens (tertiary/aromatic N) is 1. The molecule has 0 amide bonds. The fourth-order valence-corrected chi connectivity index (χ4v) is 1.54. The van der Waals surface area contributed by atoms with Crippen molar-refractivity contribution in [2.24, 2.45) is 0 Å². The summed E-state index contributed by atoms with van der Waals surface area (Å²) in [6.45, 7) is 0. The monoisotopic (exact) mass is 286 g/mol. The number of carbonyl (C=O) groups is 2. The van der Waals surface area contributed by atoms with Gasteiger partial charge in [-0.1, -0.05) is 12.1 Å². The number of carbonyl (C=O) groups excluding carboxylic acids is 2. The number of nitro groups is 1. The molecule has 7 heteroatoms. The number of ether oxygens (including phenoxy) is 1. The normalized spacial score (nSPS) is 9.90. The molecule has 0 heterocycles. The van der Waals surface area contributed by atoms with Crippen LogP contribution in [-0.4, -0.2) is 16.9 Å². The minimum atomic E-state index is -1.34. The molecule has 0 spiro atoms. The average molecular weight is 286 g/mol. The Labute approximate surface area is 118 Å². The molecular weight excluding hydrogens is 278 g/mol. The minimum absolute atomic E-state index is 0.0538. The lowest BCUT2D eigenvalue weighted by Crippen LogP contribution is -2.22. The predicted molar refractivity (Wildman–Crippen MR) is 68.8 cm³/mol. The highest BCUT2D eigenvalue weighted by molar-refractivity contribution is 5.93. The van der Waals surface area contributed by atoms with E-state index in [9.17, 15) is 24.8 Å². The van der Waals surface area contributed by atoms with Gasteiger partial charge in [-0.05, 0) is 29.8 Å². The number of esters is 1. The molecule has 0 atom stereocenters. The molecule has 0 aromatic heterocycles. The molecule has 2 aromatic rings. The van der Waals surface area contributed by atoms with Crippen LogP contribution in [0.25, 0.3) is 0 Å². The second-order valence-corrected chi connectivity index (χ2v) is 4.01. The third-order valence-electron chi connectivity index (χ3n) is 2.61. The van der Waals surface area contributed by atoms with Gasteiger partial charge in [0.05, 0.1) is 16.5 Å². The maximum Gasteiger partial charge on any atom is 0.343 e. The van der Waals surface area contributed by atoms with Crippen LogP contribution in [0.1, 0.15) is 20.7 Å². The van der Waals surface area contributed by atoms with Gasteiger partial charge in [0.2, 0.25) is 0 Å². The Morgan fingerprint density at radius 1 is 0.905 bits per heavy atom. The number of nitro benzene ring substituents is 1. The van der Waals surface area contributed by atoms with Crippen molar-refractivity contribution in [3.8, 4) is 5.75 Å². The number of hydrogen-bond acceptors (Lipinski definition) is 6. The number of non-ortho nitro benzene ring substituents is 1. The van der Waals surface area contributed by atoms with Crippen LogP contribution >= 0.6 is 0 Å². The summed E-state index contributed by atoms with van der Waals surface area (Å²) in [6.07, 6.45) is 0. The van der Waals surface area contributed by atoms with Crippen LogP contribution in [0.15, 0.2) is 48.5 Å². The first-order chi connectivity index (χ1) is 9.97. The summed E-state index contributed by atoms with van der Waals surface area (Å²) in [4.78, 5) is 32.3. The van der Waals surface area contributed by atoms with Gasteiger partial charge in [0.1, 0.15) is 5.75 Å². The first kappa shape index (κ1) is 14.2. The molecule has 0 unspecified atom stereocenters. The zero-order valence-corrected chi connectivity index (χ0v) is 10.5. The highest BCUT2D eigenvalue weighted by Crippen LogP contribution is 2.18. The lowest BCUT2D eigenvalue weighted by atomic mass is 10.1. The van der Waals surface area contributed by atoms with E-state index in [-0.39, 0.29) is 22.6 Å². The first-order valence-electron chi connectivity index (χ1n) is 5.75. The van der Waals surface area contributed by atoms with Crippen molar-refractivity contribution in [1.29, 1.82) is 0 Å².